The normalized spacial score (nSPS) is 11.6. The molecule has 262 valence electrons. The summed E-state index contributed by atoms with van der Waals surface area (Å²) in [7, 11) is 0. The molecule has 6 aromatic carbocycles. The van der Waals surface area contributed by atoms with Gasteiger partial charge in [-0.2, -0.15) is 0 Å². The number of rotatable bonds is 6. The number of para-hydroxylation sites is 3. The van der Waals surface area contributed by atoms with Crippen LogP contribution in [0.5, 0.6) is 0 Å². The van der Waals surface area contributed by atoms with Crippen LogP contribution in [0.15, 0.2) is 201 Å². The summed E-state index contributed by atoms with van der Waals surface area (Å²) in [6.45, 7) is 0. The molecule has 0 saturated heterocycles. The maximum Gasteiger partial charge on any atom is 0.145 e. The van der Waals surface area contributed by atoms with E-state index in [0.29, 0.717) is 0 Å². The monoisotopic (exact) mass is 715 g/mol. The van der Waals surface area contributed by atoms with Gasteiger partial charge in [0.1, 0.15) is 5.65 Å². The Morgan fingerprint density at radius 2 is 0.929 bits per heavy atom. The molecule has 0 unspecified atom stereocenters. The van der Waals surface area contributed by atoms with Crippen LogP contribution in [0.4, 0.5) is 0 Å². The van der Waals surface area contributed by atoms with Crippen molar-refractivity contribution in [2.24, 2.45) is 0 Å². The summed E-state index contributed by atoms with van der Waals surface area (Å²) in [6.07, 6.45) is 5.56. The molecule has 0 aliphatic heterocycles. The molecule has 5 aromatic heterocycles. The van der Waals surface area contributed by atoms with Gasteiger partial charge in [0, 0.05) is 68.2 Å². The number of benzene rings is 6. The van der Waals surface area contributed by atoms with Crippen LogP contribution in [0.3, 0.4) is 0 Å². The minimum atomic E-state index is 0.933. The summed E-state index contributed by atoms with van der Waals surface area (Å²) >= 11 is 0. The molecule has 11 aromatic rings. The van der Waals surface area contributed by atoms with Crippen molar-refractivity contribution in [3.05, 3.63) is 201 Å². The predicted octanol–water partition coefficient (Wildman–Crippen LogP) is 12.7. The minimum absolute atomic E-state index is 0.933. The molecule has 0 N–H and O–H groups in total. The van der Waals surface area contributed by atoms with E-state index in [9.17, 15) is 0 Å². The molecule has 0 radical (unpaired) electrons. The van der Waals surface area contributed by atoms with E-state index in [0.717, 1.165) is 72.6 Å². The van der Waals surface area contributed by atoms with Crippen molar-refractivity contribution in [1.82, 2.24) is 24.1 Å². The molecule has 0 aliphatic rings. The second-order valence-electron chi connectivity index (χ2n) is 14.1. The largest absolute Gasteiger partial charge is 0.309 e. The Bertz CT molecular complexity index is 3160. The minimum Gasteiger partial charge on any atom is -0.309 e. The Hall–Kier alpha value is -7.63. The first-order chi connectivity index (χ1) is 27.8. The van der Waals surface area contributed by atoms with E-state index >= 15 is 0 Å². The molecule has 11 rings (SSSR count). The lowest BCUT2D eigenvalue weighted by atomic mass is 9.96. The number of nitrogens with zero attached hydrogens (tertiary/aromatic N) is 5. The fourth-order valence-electron chi connectivity index (χ4n) is 8.33. The van der Waals surface area contributed by atoms with Gasteiger partial charge in [-0.25, -0.2) is 4.98 Å². The van der Waals surface area contributed by atoms with E-state index in [1.165, 1.54) is 27.2 Å². The van der Waals surface area contributed by atoms with Crippen LogP contribution < -0.4 is 0 Å². The highest BCUT2D eigenvalue weighted by molar-refractivity contribution is 6.15. The van der Waals surface area contributed by atoms with Crippen molar-refractivity contribution in [1.29, 1.82) is 0 Å². The van der Waals surface area contributed by atoms with E-state index < -0.39 is 0 Å². The molecular formula is C51H33N5. The standard InChI is InChI=1S/C51H33N5/c1-2-12-39(13-3-1)56-50-41(15-10-16-43(50)44-17-11-29-54-51(44)56)35-23-26-49-45(33-35)42-14-4-5-20-48(42)55(49)40-24-21-34(22-25-40)36-30-37(46-18-6-8-27-52-46)32-38(31-36)47-19-7-9-28-53-47/h1-33H. The van der Waals surface area contributed by atoms with Gasteiger partial charge in [0.15, 0.2) is 0 Å². The average Bonchev–Trinajstić information content (AvgIpc) is 3.80. The molecule has 0 atom stereocenters. The van der Waals surface area contributed by atoms with Gasteiger partial charge in [0.25, 0.3) is 0 Å². The van der Waals surface area contributed by atoms with Crippen LogP contribution in [-0.4, -0.2) is 24.1 Å². The summed E-state index contributed by atoms with van der Waals surface area (Å²) in [4.78, 5) is 14.2. The Kier molecular flexibility index (Phi) is 7.42. The van der Waals surface area contributed by atoms with Gasteiger partial charge in [0.2, 0.25) is 0 Å². The third kappa shape index (κ3) is 5.21. The third-order valence-corrected chi connectivity index (χ3v) is 10.9. The summed E-state index contributed by atoms with van der Waals surface area (Å²) in [6, 6.07) is 64.6. The first kappa shape index (κ1) is 31.9. The number of hydrogen-bond donors (Lipinski definition) is 0. The highest BCUT2D eigenvalue weighted by atomic mass is 15.0. The third-order valence-electron chi connectivity index (χ3n) is 10.9. The van der Waals surface area contributed by atoms with Crippen LogP contribution in [-0.2, 0) is 0 Å². The maximum absolute atomic E-state index is 4.87. The van der Waals surface area contributed by atoms with Crippen molar-refractivity contribution in [2.45, 2.75) is 0 Å². The molecule has 5 heterocycles. The lowest BCUT2D eigenvalue weighted by Gasteiger charge is -2.13. The van der Waals surface area contributed by atoms with Crippen LogP contribution in [0.1, 0.15) is 0 Å². The topological polar surface area (TPSA) is 48.5 Å². The van der Waals surface area contributed by atoms with Gasteiger partial charge in [-0.05, 0) is 114 Å². The smallest absolute Gasteiger partial charge is 0.145 e. The van der Waals surface area contributed by atoms with E-state index in [1.54, 1.807) is 0 Å². The lowest BCUT2D eigenvalue weighted by molar-refractivity contribution is 1.14. The molecule has 5 heteroatoms. The van der Waals surface area contributed by atoms with Crippen molar-refractivity contribution in [2.75, 3.05) is 0 Å². The zero-order valence-electron chi connectivity index (χ0n) is 30.3. The number of pyridine rings is 3. The summed E-state index contributed by atoms with van der Waals surface area (Å²) in [5, 5.41) is 4.76. The molecule has 0 bridgehead atoms. The highest BCUT2D eigenvalue weighted by Crippen LogP contribution is 2.41. The second-order valence-corrected chi connectivity index (χ2v) is 14.1. The van der Waals surface area contributed by atoms with Crippen LogP contribution >= 0.6 is 0 Å². The molecule has 5 nitrogen and oxygen atoms in total. The predicted molar refractivity (Wildman–Crippen MR) is 230 cm³/mol. The molecule has 0 aliphatic carbocycles. The van der Waals surface area contributed by atoms with Gasteiger partial charge < -0.3 is 4.57 Å². The first-order valence-corrected chi connectivity index (χ1v) is 18.8. The molecule has 0 amide bonds. The average molecular weight is 716 g/mol. The van der Waals surface area contributed by atoms with E-state index in [2.05, 4.69) is 171 Å². The second kappa shape index (κ2) is 13.0. The highest BCUT2D eigenvalue weighted by Gasteiger charge is 2.19. The number of fused-ring (bicyclic) bond motifs is 6. The van der Waals surface area contributed by atoms with Gasteiger partial charge in [-0.15, -0.1) is 0 Å². The van der Waals surface area contributed by atoms with Crippen LogP contribution in [0, 0.1) is 0 Å². The maximum atomic E-state index is 4.87. The quantitative estimate of drug-likeness (QED) is 0.172. The summed E-state index contributed by atoms with van der Waals surface area (Å²) in [5.41, 5.74) is 15.2. The zero-order chi connectivity index (χ0) is 37.0. The summed E-state index contributed by atoms with van der Waals surface area (Å²) in [5.74, 6) is 0. The molecule has 0 saturated carbocycles. The number of hydrogen-bond acceptors (Lipinski definition) is 3. The Labute approximate surface area is 323 Å². The van der Waals surface area contributed by atoms with E-state index in [-0.39, 0.29) is 0 Å². The fourth-order valence-corrected chi connectivity index (χ4v) is 8.33. The van der Waals surface area contributed by atoms with Gasteiger partial charge in [0.05, 0.1) is 27.9 Å². The molecule has 0 fully saturated rings. The SMILES string of the molecule is c1ccc(-n2c3ncccc3c3cccc(-c4ccc5c(c4)c4ccccc4n5-c4ccc(-c5cc(-c6ccccn6)cc(-c6ccccn6)c5)cc4)c32)cc1. The zero-order valence-corrected chi connectivity index (χ0v) is 30.3. The number of aromatic nitrogens is 5. The lowest BCUT2D eigenvalue weighted by Crippen LogP contribution is -1.96. The Morgan fingerprint density at radius 3 is 1.68 bits per heavy atom. The van der Waals surface area contributed by atoms with Crippen LogP contribution in [0.25, 0.3) is 99.9 Å². The van der Waals surface area contributed by atoms with Gasteiger partial charge >= 0.3 is 0 Å². The van der Waals surface area contributed by atoms with Gasteiger partial charge in [-0.1, -0.05) is 84.9 Å². The van der Waals surface area contributed by atoms with Crippen molar-refractivity contribution in [3.63, 3.8) is 0 Å². The fraction of sp³-hybridized carbons (Fsp3) is 0. The summed E-state index contributed by atoms with van der Waals surface area (Å²) < 4.78 is 4.69. The van der Waals surface area contributed by atoms with Crippen molar-refractivity contribution in [3.8, 4) is 56.1 Å². The van der Waals surface area contributed by atoms with E-state index in [1.807, 2.05) is 48.9 Å². The Balaban J connectivity index is 1.05. The molecule has 0 spiro atoms. The van der Waals surface area contributed by atoms with Crippen molar-refractivity contribution >= 4 is 43.7 Å². The van der Waals surface area contributed by atoms with Crippen molar-refractivity contribution < 1.29 is 0 Å². The molecular weight excluding hydrogens is 683 g/mol. The molecule has 56 heavy (non-hydrogen) atoms. The first-order valence-electron chi connectivity index (χ1n) is 18.8. The van der Waals surface area contributed by atoms with E-state index in [4.69, 9.17) is 4.98 Å². The van der Waals surface area contributed by atoms with Crippen LogP contribution in [0.2, 0.25) is 0 Å². The Morgan fingerprint density at radius 1 is 0.321 bits per heavy atom. The van der Waals surface area contributed by atoms with Gasteiger partial charge in [-0.3, -0.25) is 14.5 Å².